The topological polar surface area (TPSA) is 106 Å². The van der Waals surface area contributed by atoms with Gasteiger partial charge in [0, 0.05) is 25.5 Å². The molecule has 0 fully saturated rings. The van der Waals surface area contributed by atoms with E-state index in [0.29, 0.717) is 0 Å². The summed E-state index contributed by atoms with van der Waals surface area (Å²) in [5.41, 5.74) is 7.77. The minimum Gasteiger partial charge on any atom is -1.00 e. The van der Waals surface area contributed by atoms with Gasteiger partial charge in [-0.3, -0.25) is 14.9 Å². The van der Waals surface area contributed by atoms with Crippen LogP contribution in [0.1, 0.15) is 37.1 Å². The van der Waals surface area contributed by atoms with Crippen molar-refractivity contribution >= 4 is 13.1 Å². The van der Waals surface area contributed by atoms with E-state index in [0.717, 1.165) is 44.0 Å². The molecule has 0 unspecified atom stereocenters. The number of hydrogen-bond acceptors (Lipinski definition) is 7. The summed E-state index contributed by atoms with van der Waals surface area (Å²) in [4.78, 5) is 39.5. The smallest absolute Gasteiger partial charge is 1.00 e. The molecule has 2 aromatic rings. The third kappa shape index (κ3) is 13.3. The van der Waals surface area contributed by atoms with Crippen LogP contribution >= 0.6 is 0 Å². The summed E-state index contributed by atoms with van der Waals surface area (Å²) in [5, 5.41) is 0. The summed E-state index contributed by atoms with van der Waals surface area (Å²) in [6.07, 6.45) is 8.49. The standard InChI is InChI=1S/C18H26N4.3CO.BrH.Re/c19-11-5-1-2-8-14-22(15-17-9-3-6-12-20-17)16-18-10-4-7-13-21-18;3*1-2;;/h3-4,6-7,9-10,12-13H,1-2,5,8,11,14-16,19H2;;;;1H;/q;;;;;+1/p-1. The zero-order valence-corrected chi connectivity index (χ0v) is 21.0. The van der Waals surface area contributed by atoms with Gasteiger partial charge in [-0.15, -0.1) is 0 Å². The summed E-state index contributed by atoms with van der Waals surface area (Å²) >= 11 is -2.97. The van der Waals surface area contributed by atoms with Gasteiger partial charge in [0.25, 0.3) is 0 Å². The quantitative estimate of drug-likeness (QED) is 0.323. The fourth-order valence-corrected chi connectivity index (χ4v) is 2.88. The molecule has 7 nitrogen and oxygen atoms in total. The second kappa shape index (κ2) is 19.1. The largest absolute Gasteiger partial charge is 1.00 e. The van der Waals surface area contributed by atoms with Crippen LogP contribution in [0.4, 0.5) is 0 Å². The summed E-state index contributed by atoms with van der Waals surface area (Å²) in [7, 11) is 0. The number of unbranched alkanes of at least 4 members (excludes halogenated alkanes) is 3. The van der Waals surface area contributed by atoms with Gasteiger partial charge in [-0.25, -0.2) is 0 Å². The number of halogens is 1. The van der Waals surface area contributed by atoms with Gasteiger partial charge < -0.3 is 22.7 Å². The third-order valence-corrected chi connectivity index (χ3v) is 5.55. The Labute approximate surface area is 191 Å². The van der Waals surface area contributed by atoms with Crippen molar-refractivity contribution in [3.05, 3.63) is 60.2 Å². The van der Waals surface area contributed by atoms with Crippen LogP contribution in [0.15, 0.2) is 48.8 Å². The molecule has 2 heterocycles. The molecule has 0 spiro atoms. The average Bonchev–Trinajstić information content (AvgIpc) is 2.77. The van der Waals surface area contributed by atoms with Gasteiger partial charge in [0.1, 0.15) is 0 Å². The molecule has 0 bridgehead atoms. The maximum atomic E-state index is 9.40. The summed E-state index contributed by atoms with van der Waals surface area (Å²) in [6.45, 7) is 3.60. The molecule has 2 N–H and O–H groups in total. The van der Waals surface area contributed by atoms with E-state index in [1.165, 1.54) is 32.3 Å². The van der Waals surface area contributed by atoms with E-state index in [9.17, 15) is 14.4 Å². The SMILES string of the molecule is NCCCCCCN(Cc1ccccn1)Cc1ccccn1.O=[C]=[Re+](=[C]=O)=[C]=O.[Br-]. The van der Waals surface area contributed by atoms with Crippen LogP contribution in [0.3, 0.4) is 0 Å². The normalized spacial score (nSPS) is 9.27. The van der Waals surface area contributed by atoms with Crippen LogP contribution in [0, 0.1) is 0 Å². The first-order valence-electron chi connectivity index (χ1n) is 9.28. The second-order valence-corrected chi connectivity index (χ2v) is 9.77. The maximum Gasteiger partial charge on any atom is -1.00 e. The molecule has 2 rings (SSSR count). The Balaban J connectivity index is 0.000000909. The van der Waals surface area contributed by atoms with Gasteiger partial charge in [0.2, 0.25) is 0 Å². The zero-order chi connectivity index (χ0) is 21.2. The van der Waals surface area contributed by atoms with Crippen LogP contribution in [0.5, 0.6) is 0 Å². The van der Waals surface area contributed by atoms with E-state index < -0.39 is 15.4 Å². The van der Waals surface area contributed by atoms with Crippen molar-refractivity contribution in [1.29, 1.82) is 0 Å². The number of carbonyl (C=O) groups excluding carboxylic acids is 3. The molecule has 0 saturated carbocycles. The number of nitrogens with two attached hydrogens (primary N) is 1. The van der Waals surface area contributed by atoms with Crippen LogP contribution in [0.2, 0.25) is 0 Å². The fourth-order valence-electron chi connectivity index (χ4n) is 2.54. The number of hydrogen-bond donors (Lipinski definition) is 1. The first-order valence-corrected chi connectivity index (χ1v) is 13.4. The van der Waals surface area contributed by atoms with Crippen molar-refractivity contribution in [3.8, 4) is 0 Å². The molecule has 9 heteroatoms. The summed E-state index contributed by atoms with van der Waals surface area (Å²) in [5.74, 6) is 0. The molecule has 2 aromatic heterocycles. The van der Waals surface area contributed by atoms with E-state index in [2.05, 4.69) is 27.0 Å². The van der Waals surface area contributed by atoms with Crippen LogP contribution in [-0.4, -0.2) is 41.0 Å². The van der Waals surface area contributed by atoms with E-state index in [-0.39, 0.29) is 17.0 Å². The van der Waals surface area contributed by atoms with Gasteiger partial charge >= 0.3 is 42.8 Å². The minimum absolute atomic E-state index is 0. The predicted molar refractivity (Wildman–Crippen MR) is 107 cm³/mol. The molecule has 0 aliphatic heterocycles. The molecule has 0 aliphatic carbocycles. The predicted octanol–water partition coefficient (Wildman–Crippen LogP) is -1.19. The molecule has 0 radical (unpaired) electrons. The molecular formula is C21H26BrN4O3Re. The van der Waals surface area contributed by atoms with Crippen molar-refractivity contribution in [3.63, 3.8) is 0 Å². The maximum absolute atomic E-state index is 9.40. The Morgan fingerprint density at radius 3 is 1.67 bits per heavy atom. The Kier molecular flexibility index (Phi) is 17.9. The molecule has 30 heavy (non-hydrogen) atoms. The fraction of sp³-hybridized carbons (Fsp3) is 0.381. The summed E-state index contributed by atoms with van der Waals surface area (Å²) < 4.78 is 3.87. The van der Waals surface area contributed by atoms with Crippen LogP contribution in [-0.2, 0) is 42.9 Å². The number of aromatic nitrogens is 2. The van der Waals surface area contributed by atoms with Crippen molar-refractivity contribution in [1.82, 2.24) is 14.9 Å². The van der Waals surface area contributed by atoms with E-state index >= 15 is 0 Å². The molecule has 0 atom stereocenters. The van der Waals surface area contributed by atoms with Crippen LogP contribution in [0.25, 0.3) is 0 Å². The van der Waals surface area contributed by atoms with Crippen molar-refractivity contribution in [2.45, 2.75) is 38.8 Å². The average molecular weight is 649 g/mol. The summed E-state index contributed by atoms with van der Waals surface area (Å²) in [6, 6.07) is 12.2. The van der Waals surface area contributed by atoms with E-state index in [4.69, 9.17) is 5.73 Å². The first-order chi connectivity index (χ1) is 14.2. The van der Waals surface area contributed by atoms with Gasteiger partial charge in [-0.1, -0.05) is 25.0 Å². The second-order valence-electron chi connectivity index (χ2n) is 6.07. The van der Waals surface area contributed by atoms with Crippen molar-refractivity contribution < 1.29 is 46.8 Å². The molecule has 162 valence electrons. The Hall–Kier alpha value is -1.90. The zero-order valence-electron chi connectivity index (χ0n) is 16.7. The molecular weight excluding hydrogens is 622 g/mol. The Morgan fingerprint density at radius 1 is 0.800 bits per heavy atom. The van der Waals surface area contributed by atoms with Crippen molar-refractivity contribution in [2.24, 2.45) is 5.73 Å². The third-order valence-electron chi connectivity index (χ3n) is 3.88. The van der Waals surface area contributed by atoms with E-state index in [1.807, 2.05) is 36.7 Å². The minimum atomic E-state index is -2.97. The number of rotatable bonds is 10. The molecule has 0 amide bonds. The first kappa shape index (κ1) is 28.1. The number of nitrogens with zero attached hydrogens (tertiary/aromatic N) is 3. The van der Waals surface area contributed by atoms with Gasteiger partial charge in [0.15, 0.2) is 0 Å². The molecule has 0 saturated heterocycles. The number of pyridine rings is 2. The Bertz CT molecular complexity index is 836. The molecule has 0 aliphatic rings. The van der Waals surface area contributed by atoms with Crippen LogP contribution < -0.4 is 22.7 Å². The van der Waals surface area contributed by atoms with Gasteiger partial charge in [-0.05, 0) is 50.2 Å². The van der Waals surface area contributed by atoms with Gasteiger partial charge in [-0.2, -0.15) is 0 Å². The monoisotopic (exact) mass is 648 g/mol. The van der Waals surface area contributed by atoms with Crippen molar-refractivity contribution in [2.75, 3.05) is 13.1 Å². The van der Waals surface area contributed by atoms with Gasteiger partial charge in [0.05, 0.1) is 11.4 Å². The van der Waals surface area contributed by atoms with E-state index in [1.54, 1.807) is 0 Å². The molecule has 0 aromatic carbocycles. The Morgan fingerprint density at radius 2 is 1.30 bits per heavy atom.